The van der Waals surface area contributed by atoms with Crippen molar-refractivity contribution in [3.05, 3.63) is 23.8 Å². The highest BCUT2D eigenvalue weighted by Gasteiger charge is 2.17. The van der Waals surface area contributed by atoms with Crippen molar-refractivity contribution in [1.29, 1.82) is 0 Å². The summed E-state index contributed by atoms with van der Waals surface area (Å²) in [6.45, 7) is 4.91. The van der Waals surface area contributed by atoms with Gasteiger partial charge in [0.2, 0.25) is 10.0 Å². The smallest absolute Gasteiger partial charge is 0.240 e. The summed E-state index contributed by atoms with van der Waals surface area (Å²) in [5.74, 6) is 0.626. The van der Waals surface area contributed by atoms with Gasteiger partial charge in [0.1, 0.15) is 5.75 Å². The van der Waals surface area contributed by atoms with Gasteiger partial charge in [-0.25, -0.2) is 13.1 Å². The molecule has 1 unspecified atom stereocenters. The van der Waals surface area contributed by atoms with Crippen LogP contribution in [0.5, 0.6) is 5.75 Å². The van der Waals surface area contributed by atoms with Gasteiger partial charge in [-0.3, -0.25) is 0 Å². The van der Waals surface area contributed by atoms with E-state index >= 15 is 0 Å². The first kappa shape index (κ1) is 17.9. The second-order valence-corrected chi connectivity index (χ2v) is 6.84. The van der Waals surface area contributed by atoms with E-state index in [0.717, 1.165) is 0 Å². The molecule has 0 aliphatic carbocycles. The SMILES string of the molecule is CCOc1ccc(S(=O)(=O)NCC(C)N(C)C)cc1CN. The van der Waals surface area contributed by atoms with Crippen LogP contribution in [0.1, 0.15) is 19.4 Å². The van der Waals surface area contributed by atoms with Crippen LogP contribution >= 0.6 is 0 Å². The maximum absolute atomic E-state index is 12.3. The monoisotopic (exact) mass is 315 g/mol. The number of benzene rings is 1. The van der Waals surface area contributed by atoms with Gasteiger partial charge in [-0.05, 0) is 46.1 Å². The second-order valence-electron chi connectivity index (χ2n) is 5.07. The molecule has 1 atom stereocenters. The summed E-state index contributed by atoms with van der Waals surface area (Å²) in [7, 11) is 0.269. The van der Waals surface area contributed by atoms with Crippen LogP contribution in [-0.4, -0.2) is 46.6 Å². The molecule has 0 spiro atoms. The molecule has 0 aliphatic rings. The van der Waals surface area contributed by atoms with E-state index in [1.54, 1.807) is 12.1 Å². The van der Waals surface area contributed by atoms with Gasteiger partial charge in [0.05, 0.1) is 11.5 Å². The van der Waals surface area contributed by atoms with Gasteiger partial charge in [-0.15, -0.1) is 0 Å². The predicted octanol–water partition coefficient (Wildman–Crippen LogP) is 0.772. The van der Waals surface area contributed by atoms with Gasteiger partial charge < -0.3 is 15.4 Å². The normalized spacial score (nSPS) is 13.4. The van der Waals surface area contributed by atoms with Crippen molar-refractivity contribution >= 4 is 10.0 Å². The van der Waals surface area contributed by atoms with E-state index in [9.17, 15) is 8.42 Å². The largest absolute Gasteiger partial charge is 0.494 e. The Hall–Kier alpha value is -1.15. The first-order valence-corrected chi connectivity index (χ1v) is 8.42. The van der Waals surface area contributed by atoms with Crippen molar-refractivity contribution in [1.82, 2.24) is 9.62 Å². The number of hydrogen-bond donors (Lipinski definition) is 2. The molecule has 1 rings (SSSR count). The van der Waals surface area contributed by atoms with Crippen molar-refractivity contribution < 1.29 is 13.2 Å². The molecule has 120 valence electrons. The number of nitrogens with two attached hydrogens (primary N) is 1. The lowest BCUT2D eigenvalue weighted by Crippen LogP contribution is -2.38. The average Bonchev–Trinajstić information content (AvgIpc) is 2.45. The number of nitrogens with one attached hydrogen (secondary N) is 1. The molecular formula is C14H25N3O3S. The third-order valence-electron chi connectivity index (χ3n) is 3.31. The maximum atomic E-state index is 12.3. The molecule has 0 aromatic heterocycles. The van der Waals surface area contributed by atoms with Crippen LogP contribution in [0, 0.1) is 0 Å². The number of likely N-dealkylation sites (N-methyl/N-ethyl adjacent to an activating group) is 1. The lowest BCUT2D eigenvalue weighted by Gasteiger charge is -2.20. The van der Waals surface area contributed by atoms with Crippen molar-refractivity contribution in [3.8, 4) is 5.75 Å². The van der Waals surface area contributed by atoms with E-state index in [1.807, 2.05) is 32.8 Å². The quantitative estimate of drug-likeness (QED) is 0.740. The highest BCUT2D eigenvalue weighted by atomic mass is 32.2. The molecule has 0 bridgehead atoms. The summed E-state index contributed by atoms with van der Waals surface area (Å²) in [4.78, 5) is 2.16. The highest BCUT2D eigenvalue weighted by molar-refractivity contribution is 7.89. The van der Waals surface area contributed by atoms with E-state index in [0.29, 0.717) is 24.5 Å². The number of sulfonamides is 1. The van der Waals surface area contributed by atoms with Crippen LogP contribution in [0.15, 0.2) is 23.1 Å². The molecule has 7 heteroatoms. The van der Waals surface area contributed by atoms with E-state index in [1.165, 1.54) is 6.07 Å². The van der Waals surface area contributed by atoms with E-state index in [-0.39, 0.29) is 17.5 Å². The van der Waals surface area contributed by atoms with E-state index in [4.69, 9.17) is 10.5 Å². The Kier molecular flexibility index (Phi) is 6.60. The Labute approximate surface area is 127 Å². The van der Waals surface area contributed by atoms with Crippen LogP contribution in [-0.2, 0) is 16.6 Å². The molecule has 1 aromatic carbocycles. The summed E-state index contributed by atoms with van der Waals surface area (Å²) < 4.78 is 32.6. The highest BCUT2D eigenvalue weighted by Crippen LogP contribution is 2.22. The molecule has 0 aliphatic heterocycles. The minimum atomic E-state index is -3.54. The molecule has 0 saturated heterocycles. The van der Waals surface area contributed by atoms with Gasteiger partial charge in [0.15, 0.2) is 0 Å². The lowest BCUT2D eigenvalue weighted by atomic mass is 10.2. The molecule has 21 heavy (non-hydrogen) atoms. The Morgan fingerprint density at radius 3 is 2.57 bits per heavy atom. The van der Waals surface area contributed by atoms with E-state index in [2.05, 4.69) is 4.72 Å². The minimum Gasteiger partial charge on any atom is -0.494 e. The number of nitrogens with zero attached hydrogens (tertiary/aromatic N) is 1. The summed E-state index contributed by atoms with van der Waals surface area (Å²) in [6.07, 6.45) is 0. The van der Waals surface area contributed by atoms with Crippen molar-refractivity contribution in [2.75, 3.05) is 27.2 Å². The summed E-state index contributed by atoms with van der Waals surface area (Å²) >= 11 is 0. The lowest BCUT2D eigenvalue weighted by molar-refractivity contribution is 0.314. The molecule has 0 fully saturated rings. The first-order chi connectivity index (χ1) is 9.81. The van der Waals surface area contributed by atoms with Gasteiger partial charge in [-0.1, -0.05) is 0 Å². The topological polar surface area (TPSA) is 84.7 Å². The fourth-order valence-corrected chi connectivity index (χ4v) is 2.85. The first-order valence-electron chi connectivity index (χ1n) is 6.93. The fraction of sp³-hybridized carbons (Fsp3) is 0.571. The molecular weight excluding hydrogens is 290 g/mol. The third-order valence-corrected chi connectivity index (χ3v) is 4.73. The summed E-state index contributed by atoms with van der Waals surface area (Å²) in [5.41, 5.74) is 6.33. The van der Waals surface area contributed by atoms with E-state index < -0.39 is 10.0 Å². The van der Waals surface area contributed by atoms with Crippen LogP contribution in [0.4, 0.5) is 0 Å². The second kappa shape index (κ2) is 7.74. The predicted molar refractivity (Wildman–Crippen MR) is 83.8 cm³/mol. The molecule has 0 saturated carbocycles. The number of ether oxygens (including phenoxy) is 1. The van der Waals surface area contributed by atoms with Crippen LogP contribution < -0.4 is 15.2 Å². The molecule has 6 nitrogen and oxygen atoms in total. The van der Waals surface area contributed by atoms with Gasteiger partial charge in [0.25, 0.3) is 0 Å². The minimum absolute atomic E-state index is 0.108. The van der Waals surface area contributed by atoms with Gasteiger partial charge in [0, 0.05) is 24.7 Å². The molecule has 0 radical (unpaired) electrons. The van der Waals surface area contributed by atoms with Crippen LogP contribution in [0.2, 0.25) is 0 Å². The summed E-state index contributed by atoms with van der Waals surface area (Å²) in [6, 6.07) is 4.85. The fourth-order valence-electron chi connectivity index (χ4n) is 1.68. The Morgan fingerprint density at radius 2 is 2.05 bits per heavy atom. The van der Waals surface area contributed by atoms with Gasteiger partial charge >= 0.3 is 0 Å². The zero-order chi connectivity index (χ0) is 16.0. The Bertz CT molecular complexity index is 559. The van der Waals surface area contributed by atoms with Crippen LogP contribution in [0.3, 0.4) is 0 Å². The zero-order valence-corrected chi connectivity index (χ0v) is 13.9. The Balaban J connectivity index is 2.93. The van der Waals surface area contributed by atoms with Crippen molar-refractivity contribution in [3.63, 3.8) is 0 Å². The van der Waals surface area contributed by atoms with Crippen molar-refractivity contribution in [2.45, 2.75) is 31.3 Å². The molecule has 3 N–H and O–H groups in total. The van der Waals surface area contributed by atoms with Crippen LogP contribution in [0.25, 0.3) is 0 Å². The van der Waals surface area contributed by atoms with Crippen molar-refractivity contribution in [2.24, 2.45) is 5.73 Å². The Morgan fingerprint density at radius 1 is 1.38 bits per heavy atom. The molecule has 0 heterocycles. The molecule has 0 amide bonds. The zero-order valence-electron chi connectivity index (χ0n) is 13.1. The average molecular weight is 315 g/mol. The standard InChI is InChI=1S/C14H25N3O3S/c1-5-20-14-7-6-13(8-12(14)9-15)21(18,19)16-10-11(2)17(3)4/h6-8,11,16H,5,9-10,15H2,1-4H3. The number of rotatable bonds is 8. The molecule has 1 aromatic rings. The maximum Gasteiger partial charge on any atom is 0.240 e. The van der Waals surface area contributed by atoms with Gasteiger partial charge in [-0.2, -0.15) is 0 Å². The summed E-state index contributed by atoms with van der Waals surface area (Å²) in [5, 5.41) is 0. The third kappa shape index (κ3) is 4.96. The number of hydrogen-bond acceptors (Lipinski definition) is 5.